The van der Waals surface area contributed by atoms with Crippen molar-refractivity contribution in [2.75, 3.05) is 21.3 Å². The minimum atomic E-state index is 0.364. The molecule has 8 heteroatoms. The Bertz CT molecular complexity index is 1070. The molecule has 1 fully saturated rings. The van der Waals surface area contributed by atoms with E-state index in [4.69, 9.17) is 24.3 Å². The molecular formula is C23H27N3O3S2. The molecular weight excluding hydrogens is 430 g/mol. The molecule has 0 unspecified atom stereocenters. The standard InChI is InChI=1S/C23H27N3O3S2/c1-27-20-12-16(13-21(28-2)22(20)29-3)19-15-31-23(25-17-8-5-4-6-9-17)26(19)24-14-18-10-7-11-30-18/h7,10-15,17H,4-6,8-9H2,1-3H3. The average Bonchev–Trinajstić information content (AvgIpc) is 3.47. The first kappa shape index (κ1) is 21.6. The molecule has 0 aliphatic heterocycles. The van der Waals surface area contributed by atoms with Crippen molar-refractivity contribution in [2.24, 2.45) is 10.1 Å². The maximum Gasteiger partial charge on any atom is 0.206 e. The fourth-order valence-corrected chi connectivity index (χ4v) is 5.26. The lowest BCUT2D eigenvalue weighted by molar-refractivity contribution is 0.324. The third-order valence-electron chi connectivity index (χ3n) is 5.36. The maximum atomic E-state index is 5.56. The van der Waals surface area contributed by atoms with Gasteiger partial charge in [-0.1, -0.05) is 25.3 Å². The highest BCUT2D eigenvalue weighted by Gasteiger charge is 2.18. The van der Waals surface area contributed by atoms with Gasteiger partial charge in [-0.05, 0) is 36.4 Å². The quantitative estimate of drug-likeness (QED) is 0.445. The molecule has 0 amide bonds. The summed E-state index contributed by atoms with van der Waals surface area (Å²) in [5, 5.41) is 8.95. The first-order valence-corrected chi connectivity index (χ1v) is 12.1. The fraction of sp³-hybridized carbons (Fsp3) is 0.391. The lowest BCUT2D eigenvalue weighted by Gasteiger charge is -2.17. The van der Waals surface area contributed by atoms with Crippen molar-refractivity contribution in [2.45, 2.75) is 38.1 Å². The van der Waals surface area contributed by atoms with Crippen molar-refractivity contribution in [1.82, 2.24) is 4.68 Å². The Hall–Kier alpha value is -2.58. The van der Waals surface area contributed by atoms with Gasteiger partial charge < -0.3 is 14.2 Å². The van der Waals surface area contributed by atoms with Crippen molar-refractivity contribution >= 4 is 28.9 Å². The molecule has 1 aliphatic carbocycles. The summed E-state index contributed by atoms with van der Waals surface area (Å²) < 4.78 is 18.5. The molecule has 1 saturated carbocycles. The summed E-state index contributed by atoms with van der Waals surface area (Å²) in [5.41, 5.74) is 1.87. The van der Waals surface area contributed by atoms with Gasteiger partial charge in [0.25, 0.3) is 0 Å². The molecule has 2 heterocycles. The Morgan fingerprint density at radius 3 is 2.35 bits per heavy atom. The van der Waals surface area contributed by atoms with Crippen LogP contribution in [0.3, 0.4) is 0 Å². The van der Waals surface area contributed by atoms with E-state index in [1.165, 1.54) is 19.3 Å². The van der Waals surface area contributed by atoms with E-state index >= 15 is 0 Å². The van der Waals surface area contributed by atoms with Crippen LogP contribution in [-0.4, -0.2) is 38.3 Å². The van der Waals surface area contributed by atoms with Crippen molar-refractivity contribution in [3.05, 3.63) is 44.7 Å². The van der Waals surface area contributed by atoms with Crippen LogP contribution in [0.2, 0.25) is 0 Å². The molecule has 31 heavy (non-hydrogen) atoms. The molecule has 0 atom stereocenters. The Balaban J connectivity index is 1.83. The van der Waals surface area contributed by atoms with Gasteiger partial charge in [0.2, 0.25) is 10.6 Å². The largest absolute Gasteiger partial charge is 0.493 e. The van der Waals surface area contributed by atoms with Crippen molar-refractivity contribution in [1.29, 1.82) is 0 Å². The molecule has 1 aromatic carbocycles. The second-order valence-corrected chi connectivity index (χ2v) is 9.13. The van der Waals surface area contributed by atoms with Crippen LogP contribution in [0, 0.1) is 0 Å². The van der Waals surface area contributed by atoms with Crippen molar-refractivity contribution in [3.8, 4) is 28.5 Å². The summed E-state index contributed by atoms with van der Waals surface area (Å²) in [6.45, 7) is 0. The van der Waals surface area contributed by atoms with Gasteiger partial charge in [-0.2, -0.15) is 5.10 Å². The number of benzene rings is 1. The second kappa shape index (κ2) is 10.2. The molecule has 4 rings (SSSR count). The minimum Gasteiger partial charge on any atom is -0.493 e. The average molecular weight is 458 g/mol. The highest BCUT2D eigenvalue weighted by molar-refractivity contribution is 7.11. The van der Waals surface area contributed by atoms with Crippen LogP contribution in [-0.2, 0) is 0 Å². The number of rotatable bonds is 7. The molecule has 1 aliphatic rings. The summed E-state index contributed by atoms with van der Waals surface area (Å²) >= 11 is 3.27. The normalized spacial score (nSPS) is 15.5. The zero-order chi connectivity index (χ0) is 21.6. The number of hydrogen-bond acceptors (Lipinski definition) is 7. The topological polar surface area (TPSA) is 57.3 Å². The van der Waals surface area contributed by atoms with Crippen LogP contribution in [0.1, 0.15) is 37.0 Å². The number of hydrogen-bond donors (Lipinski definition) is 0. The van der Waals surface area contributed by atoms with Gasteiger partial charge in [-0.15, -0.1) is 22.7 Å². The van der Waals surface area contributed by atoms with E-state index in [-0.39, 0.29) is 0 Å². The highest BCUT2D eigenvalue weighted by Crippen LogP contribution is 2.41. The van der Waals surface area contributed by atoms with Gasteiger partial charge in [0.05, 0.1) is 39.3 Å². The van der Waals surface area contributed by atoms with Crippen molar-refractivity contribution in [3.63, 3.8) is 0 Å². The number of methoxy groups -OCH3 is 3. The molecule has 164 valence electrons. The first-order chi connectivity index (χ1) is 15.2. The summed E-state index contributed by atoms with van der Waals surface area (Å²) in [6.07, 6.45) is 7.98. The number of nitrogens with zero attached hydrogens (tertiary/aromatic N) is 3. The Morgan fingerprint density at radius 2 is 1.74 bits per heavy atom. The minimum absolute atomic E-state index is 0.364. The lowest BCUT2D eigenvalue weighted by Crippen LogP contribution is -2.19. The predicted molar refractivity (Wildman–Crippen MR) is 127 cm³/mol. The van der Waals surface area contributed by atoms with Crippen LogP contribution in [0.15, 0.2) is 45.1 Å². The fourth-order valence-electron chi connectivity index (χ4n) is 3.77. The van der Waals surface area contributed by atoms with E-state index in [9.17, 15) is 0 Å². The monoisotopic (exact) mass is 457 g/mol. The summed E-state index contributed by atoms with van der Waals surface area (Å²) in [7, 11) is 4.86. The van der Waals surface area contributed by atoms with E-state index in [2.05, 4.69) is 11.4 Å². The van der Waals surface area contributed by atoms with Gasteiger partial charge in [-0.3, -0.25) is 4.99 Å². The summed E-state index contributed by atoms with van der Waals surface area (Å²) in [6, 6.07) is 8.34. The zero-order valence-corrected chi connectivity index (χ0v) is 19.7. The van der Waals surface area contributed by atoms with Crippen LogP contribution < -0.4 is 19.0 Å². The third-order valence-corrected chi connectivity index (χ3v) is 6.99. The molecule has 0 radical (unpaired) electrons. The van der Waals surface area contributed by atoms with Gasteiger partial charge in [0.15, 0.2) is 11.5 Å². The number of ether oxygens (including phenoxy) is 3. The molecule has 0 N–H and O–H groups in total. The van der Waals surface area contributed by atoms with E-state index in [1.807, 2.05) is 34.5 Å². The van der Waals surface area contributed by atoms with Gasteiger partial charge in [0.1, 0.15) is 0 Å². The lowest BCUT2D eigenvalue weighted by atomic mass is 9.96. The molecule has 3 aromatic rings. The number of thiophene rings is 1. The van der Waals surface area contributed by atoms with Gasteiger partial charge in [0, 0.05) is 15.8 Å². The zero-order valence-electron chi connectivity index (χ0n) is 18.0. The Kier molecular flexibility index (Phi) is 7.09. The SMILES string of the molecule is COc1cc(-c2csc(=NC3CCCCC3)n2N=Cc2cccs2)cc(OC)c1OC. The maximum absolute atomic E-state index is 5.56. The van der Waals surface area contributed by atoms with E-state index < -0.39 is 0 Å². The summed E-state index contributed by atoms with van der Waals surface area (Å²) in [4.78, 5) is 7.07. The van der Waals surface area contributed by atoms with Crippen LogP contribution in [0.5, 0.6) is 17.2 Å². The second-order valence-electron chi connectivity index (χ2n) is 7.31. The molecule has 2 aromatic heterocycles. The number of thiazole rings is 1. The number of aromatic nitrogens is 1. The first-order valence-electron chi connectivity index (χ1n) is 10.4. The van der Waals surface area contributed by atoms with E-state index in [1.54, 1.807) is 44.0 Å². The van der Waals surface area contributed by atoms with Crippen molar-refractivity contribution < 1.29 is 14.2 Å². The Labute approximate surface area is 190 Å². The smallest absolute Gasteiger partial charge is 0.206 e. The third kappa shape index (κ3) is 4.85. The molecule has 0 saturated heterocycles. The van der Waals surface area contributed by atoms with Crippen LogP contribution >= 0.6 is 22.7 Å². The van der Waals surface area contributed by atoms with Crippen LogP contribution in [0.25, 0.3) is 11.3 Å². The molecule has 0 bridgehead atoms. The van der Waals surface area contributed by atoms with E-state index in [0.717, 1.165) is 33.8 Å². The Morgan fingerprint density at radius 1 is 1.00 bits per heavy atom. The van der Waals surface area contributed by atoms with Gasteiger partial charge in [-0.25, -0.2) is 4.68 Å². The predicted octanol–water partition coefficient (Wildman–Crippen LogP) is 5.42. The molecule has 0 spiro atoms. The van der Waals surface area contributed by atoms with Gasteiger partial charge >= 0.3 is 0 Å². The highest BCUT2D eigenvalue weighted by atomic mass is 32.1. The van der Waals surface area contributed by atoms with Crippen LogP contribution in [0.4, 0.5) is 0 Å². The van der Waals surface area contributed by atoms with E-state index in [0.29, 0.717) is 23.3 Å². The summed E-state index contributed by atoms with van der Waals surface area (Å²) in [5.74, 6) is 1.80. The molecule has 6 nitrogen and oxygen atoms in total.